The van der Waals surface area contributed by atoms with E-state index in [0.717, 1.165) is 0 Å². The molecule has 1 aromatic rings. The van der Waals surface area contributed by atoms with Gasteiger partial charge in [-0.15, -0.1) is 0 Å². The minimum atomic E-state index is -0.214. The number of nitrogens with one attached hydrogen (secondary N) is 1. The molecule has 0 aliphatic rings. The van der Waals surface area contributed by atoms with Crippen molar-refractivity contribution in [3.8, 4) is 0 Å². The zero-order valence-corrected chi connectivity index (χ0v) is 8.46. The number of aryl methyl sites for hydroxylation is 1. The van der Waals surface area contributed by atoms with Gasteiger partial charge in [0, 0.05) is 18.8 Å². The molecule has 0 aliphatic heterocycles. The second-order valence-electron chi connectivity index (χ2n) is 4.08. The maximum atomic E-state index is 11.5. The fraction of sp³-hybridized carbons (Fsp3) is 0.556. The third-order valence-electron chi connectivity index (χ3n) is 1.43. The van der Waals surface area contributed by atoms with Crippen molar-refractivity contribution in [1.29, 1.82) is 0 Å². The molecule has 0 saturated heterocycles. The summed E-state index contributed by atoms with van der Waals surface area (Å²) in [4.78, 5) is 11.5. The number of carbonyl (C=O) groups is 1. The van der Waals surface area contributed by atoms with Gasteiger partial charge < -0.3 is 5.32 Å². The first-order valence-electron chi connectivity index (χ1n) is 4.21. The van der Waals surface area contributed by atoms with Crippen LogP contribution in [-0.4, -0.2) is 21.2 Å². The number of nitrogens with zero attached hydrogens (tertiary/aromatic N) is 2. The van der Waals surface area contributed by atoms with Crippen molar-refractivity contribution in [3.63, 3.8) is 0 Å². The van der Waals surface area contributed by atoms with Crippen LogP contribution in [0, 0.1) is 0 Å². The van der Waals surface area contributed by atoms with Crippen LogP contribution < -0.4 is 5.32 Å². The first-order valence-corrected chi connectivity index (χ1v) is 4.21. The number of carbonyl (C=O) groups excluding carboxylic acids is 1. The zero-order valence-electron chi connectivity index (χ0n) is 8.46. The van der Waals surface area contributed by atoms with Crippen LogP contribution in [0.2, 0.25) is 0 Å². The van der Waals surface area contributed by atoms with E-state index in [4.69, 9.17) is 0 Å². The van der Waals surface area contributed by atoms with E-state index >= 15 is 0 Å². The maximum absolute atomic E-state index is 11.5. The van der Waals surface area contributed by atoms with Crippen molar-refractivity contribution in [2.45, 2.75) is 26.3 Å². The van der Waals surface area contributed by atoms with E-state index in [9.17, 15) is 4.79 Å². The number of hydrogen-bond acceptors (Lipinski definition) is 2. The topological polar surface area (TPSA) is 46.9 Å². The van der Waals surface area contributed by atoms with E-state index in [1.165, 1.54) is 0 Å². The summed E-state index contributed by atoms with van der Waals surface area (Å²) in [6.07, 6.45) is 1.75. The Balaban J connectivity index is 2.70. The van der Waals surface area contributed by atoms with Crippen LogP contribution in [-0.2, 0) is 7.05 Å². The zero-order chi connectivity index (χ0) is 10.1. The first kappa shape index (κ1) is 9.77. The number of rotatable bonds is 1. The van der Waals surface area contributed by atoms with Gasteiger partial charge in [0.25, 0.3) is 5.91 Å². The van der Waals surface area contributed by atoms with Gasteiger partial charge in [0.1, 0.15) is 5.69 Å². The van der Waals surface area contributed by atoms with Gasteiger partial charge in [0.15, 0.2) is 0 Å². The van der Waals surface area contributed by atoms with E-state index in [-0.39, 0.29) is 11.4 Å². The molecule has 0 aromatic carbocycles. The highest BCUT2D eigenvalue weighted by Crippen LogP contribution is 2.01. The van der Waals surface area contributed by atoms with E-state index in [1.54, 1.807) is 24.0 Å². The molecule has 1 heterocycles. The Morgan fingerprint density at radius 1 is 1.54 bits per heavy atom. The monoisotopic (exact) mass is 181 g/mol. The molecule has 4 nitrogen and oxygen atoms in total. The van der Waals surface area contributed by atoms with Crippen LogP contribution >= 0.6 is 0 Å². The highest BCUT2D eigenvalue weighted by atomic mass is 16.2. The molecule has 0 atom stereocenters. The smallest absolute Gasteiger partial charge is 0.272 e. The van der Waals surface area contributed by atoms with Crippen molar-refractivity contribution in [3.05, 3.63) is 18.0 Å². The molecule has 1 aromatic heterocycles. The van der Waals surface area contributed by atoms with Crippen LogP contribution in [0.25, 0.3) is 0 Å². The summed E-state index contributed by atoms with van der Waals surface area (Å²) >= 11 is 0. The van der Waals surface area contributed by atoms with Gasteiger partial charge >= 0.3 is 0 Å². The molecular formula is C9H15N3O. The lowest BCUT2D eigenvalue weighted by molar-refractivity contribution is 0.0913. The summed E-state index contributed by atoms with van der Waals surface area (Å²) in [6.45, 7) is 5.82. The first-order chi connectivity index (χ1) is 5.88. The largest absolute Gasteiger partial charge is 0.346 e. The number of aromatic nitrogens is 2. The summed E-state index contributed by atoms with van der Waals surface area (Å²) < 4.78 is 1.61. The highest BCUT2D eigenvalue weighted by Gasteiger charge is 2.16. The third-order valence-corrected chi connectivity index (χ3v) is 1.43. The Morgan fingerprint density at radius 3 is 2.54 bits per heavy atom. The van der Waals surface area contributed by atoms with Crippen LogP contribution in [0.4, 0.5) is 0 Å². The Kier molecular flexibility index (Phi) is 2.40. The van der Waals surface area contributed by atoms with Crippen molar-refractivity contribution in [2.75, 3.05) is 0 Å². The van der Waals surface area contributed by atoms with E-state index < -0.39 is 0 Å². The second-order valence-corrected chi connectivity index (χ2v) is 4.08. The van der Waals surface area contributed by atoms with Crippen molar-refractivity contribution in [1.82, 2.24) is 15.1 Å². The quantitative estimate of drug-likeness (QED) is 0.701. The summed E-state index contributed by atoms with van der Waals surface area (Å²) in [6, 6.07) is 1.70. The lowest BCUT2D eigenvalue weighted by Gasteiger charge is -2.19. The Morgan fingerprint density at radius 2 is 2.15 bits per heavy atom. The van der Waals surface area contributed by atoms with E-state index in [0.29, 0.717) is 5.69 Å². The molecular weight excluding hydrogens is 166 g/mol. The molecule has 0 aliphatic carbocycles. The van der Waals surface area contributed by atoms with Gasteiger partial charge in [-0.05, 0) is 26.8 Å². The van der Waals surface area contributed by atoms with E-state index in [2.05, 4.69) is 10.4 Å². The number of amides is 1. The maximum Gasteiger partial charge on any atom is 0.272 e. The predicted molar refractivity (Wildman–Crippen MR) is 50.4 cm³/mol. The molecule has 0 saturated carbocycles. The fourth-order valence-corrected chi connectivity index (χ4v) is 0.941. The second kappa shape index (κ2) is 3.20. The van der Waals surface area contributed by atoms with Gasteiger partial charge in [0.2, 0.25) is 0 Å². The van der Waals surface area contributed by atoms with Crippen LogP contribution in [0.3, 0.4) is 0 Å². The highest BCUT2D eigenvalue weighted by molar-refractivity contribution is 5.92. The van der Waals surface area contributed by atoms with Crippen molar-refractivity contribution in [2.24, 2.45) is 7.05 Å². The van der Waals surface area contributed by atoms with E-state index in [1.807, 2.05) is 20.8 Å². The average molecular weight is 181 g/mol. The molecule has 72 valence electrons. The molecule has 0 bridgehead atoms. The predicted octanol–water partition coefficient (Wildman–Crippen LogP) is 0.948. The third kappa shape index (κ3) is 2.89. The van der Waals surface area contributed by atoms with Crippen molar-refractivity contribution < 1.29 is 4.79 Å². The van der Waals surface area contributed by atoms with Gasteiger partial charge in [-0.3, -0.25) is 9.48 Å². The molecule has 1 N–H and O–H groups in total. The van der Waals surface area contributed by atoms with Crippen LogP contribution in [0.15, 0.2) is 12.3 Å². The average Bonchev–Trinajstić information content (AvgIpc) is 2.31. The summed E-state index contributed by atoms with van der Waals surface area (Å²) in [7, 11) is 1.79. The normalized spacial score (nSPS) is 11.4. The SMILES string of the molecule is Cn1ccc(C(=O)NC(C)(C)C)n1. The van der Waals surface area contributed by atoms with Gasteiger partial charge in [0.05, 0.1) is 0 Å². The molecule has 0 unspecified atom stereocenters. The van der Waals surface area contributed by atoms with Crippen molar-refractivity contribution >= 4 is 5.91 Å². The van der Waals surface area contributed by atoms with Gasteiger partial charge in [-0.2, -0.15) is 5.10 Å². The Hall–Kier alpha value is -1.32. The molecule has 0 radical (unpaired) electrons. The molecule has 1 rings (SSSR count). The molecule has 0 fully saturated rings. The van der Waals surface area contributed by atoms with Crippen LogP contribution in [0.1, 0.15) is 31.3 Å². The van der Waals surface area contributed by atoms with Crippen LogP contribution in [0.5, 0.6) is 0 Å². The standard InChI is InChI=1S/C9H15N3O/c1-9(2,3)10-8(13)7-5-6-12(4)11-7/h5-6H,1-4H3,(H,10,13). The lowest BCUT2D eigenvalue weighted by atomic mass is 10.1. The Bertz CT molecular complexity index is 309. The van der Waals surface area contributed by atoms with Gasteiger partial charge in [-0.25, -0.2) is 0 Å². The Labute approximate surface area is 77.9 Å². The summed E-state index contributed by atoms with van der Waals surface area (Å²) in [5.74, 6) is -0.131. The summed E-state index contributed by atoms with van der Waals surface area (Å²) in [5, 5.41) is 6.83. The minimum absolute atomic E-state index is 0.131. The lowest BCUT2D eigenvalue weighted by Crippen LogP contribution is -2.40. The fourth-order valence-electron chi connectivity index (χ4n) is 0.941. The molecule has 13 heavy (non-hydrogen) atoms. The molecule has 1 amide bonds. The molecule has 0 spiro atoms. The minimum Gasteiger partial charge on any atom is -0.346 e. The summed E-state index contributed by atoms with van der Waals surface area (Å²) in [5.41, 5.74) is 0.242. The number of hydrogen-bond donors (Lipinski definition) is 1. The molecule has 4 heteroatoms. The van der Waals surface area contributed by atoms with Gasteiger partial charge in [-0.1, -0.05) is 0 Å².